The fourth-order valence-corrected chi connectivity index (χ4v) is 3.23. The monoisotopic (exact) mass is 431 g/mol. The van der Waals surface area contributed by atoms with E-state index in [4.69, 9.17) is 9.94 Å². The summed E-state index contributed by atoms with van der Waals surface area (Å²) in [6.45, 7) is 1.52. The Kier molecular flexibility index (Phi) is 8.41. The van der Waals surface area contributed by atoms with Crippen LogP contribution in [0.25, 0.3) is 0 Å². The van der Waals surface area contributed by atoms with Crippen LogP contribution in [0.5, 0.6) is 0 Å². The normalized spacial score (nSPS) is 23.4. The number of rotatable bonds is 9. The van der Waals surface area contributed by atoms with Gasteiger partial charge in [-0.25, -0.2) is 5.48 Å². The standard InChI is InChI=1S/C18H27FN4O7/c1-10-14(26)15(27)17(30-10)23-9-11(19)16(22(2)18(23)28)20-12(24)7-5-3-4-6-8-13(25)21-29/h9-10,14-15,17,26-27H,3-8H2,1-2H3,(H2,21,25,29)/p+1. The molecule has 12 heteroatoms. The number of nitrogens with zero attached hydrogens (tertiary/aromatic N) is 2. The van der Waals surface area contributed by atoms with Crippen molar-refractivity contribution >= 4 is 17.6 Å². The maximum atomic E-state index is 14.6. The largest absolute Gasteiger partial charge is 0.501 e. The Hall–Kier alpha value is -2.41. The lowest BCUT2D eigenvalue weighted by molar-refractivity contribution is -0.782. The van der Waals surface area contributed by atoms with Crippen LogP contribution in [-0.2, 0) is 21.4 Å². The molecule has 30 heavy (non-hydrogen) atoms. The molecular formula is C18H28FN4O7+. The minimum absolute atomic E-state index is 0.100. The third-order valence-electron chi connectivity index (χ3n) is 5.01. The highest BCUT2D eigenvalue weighted by atomic mass is 19.1. The molecule has 2 heterocycles. The molecule has 4 atom stereocenters. The Morgan fingerprint density at radius 1 is 1.17 bits per heavy atom. The summed E-state index contributed by atoms with van der Waals surface area (Å²) in [4.78, 5) is 35.5. The van der Waals surface area contributed by atoms with Crippen molar-refractivity contribution in [2.24, 2.45) is 7.05 Å². The number of carbonyl (C=O) groups is 2. The van der Waals surface area contributed by atoms with Gasteiger partial charge in [0.2, 0.25) is 29.7 Å². The molecular weight excluding hydrogens is 403 g/mol. The second-order valence-corrected chi connectivity index (χ2v) is 7.28. The number of nitrogens with one attached hydrogen (secondary N) is 2. The number of carbonyl (C=O) groups excluding carboxylic acids is 2. The van der Waals surface area contributed by atoms with Crippen molar-refractivity contribution in [3.8, 4) is 0 Å². The number of aliphatic hydroxyl groups excluding tert-OH is 2. The number of hydrogen-bond donors (Lipinski definition) is 5. The smallest absolute Gasteiger partial charge is 0.387 e. The molecule has 0 saturated carbocycles. The van der Waals surface area contributed by atoms with Gasteiger partial charge >= 0.3 is 5.69 Å². The van der Waals surface area contributed by atoms with E-state index in [1.54, 1.807) is 5.48 Å². The van der Waals surface area contributed by atoms with Crippen molar-refractivity contribution in [2.45, 2.75) is 70.0 Å². The number of unbranched alkanes of at least 4 members (excludes halogenated alkanes) is 3. The van der Waals surface area contributed by atoms with Gasteiger partial charge in [-0.15, -0.1) is 0 Å². The highest BCUT2D eigenvalue weighted by molar-refractivity contribution is 5.89. The molecule has 0 spiro atoms. The zero-order valence-corrected chi connectivity index (χ0v) is 16.9. The van der Waals surface area contributed by atoms with Crippen LogP contribution in [-0.4, -0.2) is 50.1 Å². The SMILES string of the molecule is CC1OC([n+]2cc(F)c(NC(=O)CCCCCCC(=O)NO)n(C)c2=O)C(O)C1O. The molecule has 5 N–H and O–H groups in total. The number of halogens is 1. The lowest BCUT2D eigenvalue weighted by Gasteiger charge is -2.14. The minimum atomic E-state index is -1.40. The van der Waals surface area contributed by atoms with Crippen LogP contribution in [0.3, 0.4) is 0 Å². The number of amides is 2. The molecule has 0 radical (unpaired) electrons. The average Bonchev–Trinajstić information content (AvgIpc) is 2.97. The number of anilines is 1. The maximum absolute atomic E-state index is 14.6. The number of hydrogen-bond acceptors (Lipinski definition) is 7. The van der Waals surface area contributed by atoms with Crippen LogP contribution >= 0.6 is 0 Å². The van der Waals surface area contributed by atoms with E-state index in [1.807, 2.05) is 0 Å². The third-order valence-corrected chi connectivity index (χ3v) is 5.01. The van der Waals surface area contributed by atoms with Gasteiger partial charge in [0.1, 0.15) is 18.4 Å². The van der Waals surface area contributed by atoms with Crippen LogP contribution in [0.4, 0.5) is 10.2 Å². The molecule has 1 saturated heterocycles. The van der Waals surface area contributed by atoms with E-state index in [0.29, 0.717) is 25.7 Å². The molecule has 2 rings (SSSR count). The summed E-state index contributed by atoms with van der Waals surface area (Å²) in [5, 5.41) is 30.6. The summed E-state index contributed by atoms with van der Waals surface area (Å²) in [5.41, 5.74) is 0.806. The molecule has 0 aromatic carbocycles. The van der Waals surface area contributed by atoms with E-state index in [1.165, 1.54) is 14.0 Å². The first-order valence-electron chi connectivity index (χ1n) is 9.72. The number of aliphatic hydroxyl groups is 2. The summed E-state index contributed by atoms with van der Waals surface area (Å²) in [6, 6.07) is 0. The Morgan fingerprint density at radius 3 is 2.30 bits per heavy atom. The summed E-state index contributed by atoms with van der Waals surface area (Å²) >= 11 is 0. The average molecular weight is 431 g/mol. The molecule has 4 unspecified atom stereocenters. The number of ether oxygens (including phenoxy) is 1. The molecule has 0 aliphatic carbocycles. The fourth-order valence-electron chi connectivity index (χ4n) is 3.23. The first kappa shape index (κ1) is 23.9. The summed E-state index contributed by atoms with van der Waals surface area (Å²) in [7, 11) is 1.27. The Bertz CT molecular complexity index is 831. The van der Waals surface area contributed by atoms with E-state index >= 15 is 0 Å². The highest BCUT2D eigenvalue weighted by Gasteiger charge is 2.45. The summed E-state index contributed by atoms with van der Waals surface area (Å²) in [5.74, 6) is -2.16. The van der Waals surface area contributed by atoms with E-state index in [9.17, 15) is 29.0 Å². The lowest BCUT2D eigenvalue weighted by Crippen LogP contribution is -2.60. The molecule has 1 aliphatic rings. The predicted octanol–water partition coefficient (Wildman–Crippen LogP) is -0.764. The van der Waals surface area contributed by atoms with Gasteiger partial charge in [0.25, 0.3) is 0 Å². The van der Waals surface area contributed by atoms with Gasteiger partial charge in [-0.2, -0.15) is 18.3 Å². The van der Waals surface area contributed by atoms with Gasteiger partial charge in [0.05, 0.1) is 13.2 Å². The first-order valence-corrected chi connectivity index (χ1v) is 9.72. The molecule has 11 nitrogen and oxygen atoms in total. The second-order valence-electron chi connectivity index (χ2n) is 7.28. The van der Waals surface area contributed by atoms with E-state index in [0.717, 1.165) is 15.3 Å². The topological polar surface area (TPSA) is 154 Å². The molecule has 1 fully saturated rings. The fraction of sp³-hybridized carbons (Fsp3) is 0.667. The Balaban J connectivity index is 1.95. The minimum Gasteiger partial charge on any atom is -0.387 e. The van der Waals surface area contributed by atoms with Crippen molar-refractivity contribution in [3.63, 3.8) is 0 Å². The molecule has 168 valence electrons. The molecule has 0 bridgehead atoms. The van der Waals surface area contributed by atoms with Crippen molar-refractivity contribution in [1.29, 1.82) is 0 Å². The van der Waals surface area contributed by atoms with Gasteiger partial charge in [0.15, 0.2) is 0 Å². The van der Waals surface area contributed by atoms with Gasteiger partial charge in [-0.1, -0.05) is 12.8 Å². The summed E-state index contributed by atoms with van der Waals surface area (Å²) in [6.07, 6.45) is -1.06. The van der Waals surface area contributed by atoms with Crippen molar-refractivity contribution in [1.82, 2.24) is 10.0 Å². The number of hydroxylamine groups is 1. The molecule has 1 aliphatic heterocycles. The van der Waals surface area contributed by atoms with Crippen LogP contribution in [0, 0.1) is 5.82 Å². The summed E-state index contributed by atoms with van der Waals surface area (Å²) < 4.78 is 21.7. The quantitative estimate of drug-likeness (QED) is 0.149. The van der Waals surface area contributed by atoms with E-state index in [2.05, 4.69) is 5.32 Å². The lowest BCUT2D eigenvalue weighted by atomic mass is 10.1. The van der Waals surface area contributed by atoms with E-state index in [-0.39, 0.29) is 18.7 Å². The molecule has 1 aromatic rings. The Morgan fingerprint density at radius 2 is 1.77 bits per heavy atom. The zero-order valence-electron chi connectivity index (χ0n) is 16.9. The third kappa shape index (κ3) is 5.59. The van der Waals surface area contributed by atoms with E-state index < -0.39 is 47.9 Å². The van der Waals surface area contributed by atoms with Crippen LogP contribution in [0.15, 0.2) is 11.0 Å². The van der Waals surface area contributed by atoms with Crippen molar-refractivity contribution in [3.05, 3.63) is 22.5 Å². The second kappa shape index (κ2) is 10.6. The number of aromatic nitrogens is 2. The maximum Gasteiger partial charge on any atom is 0.501 e. The molecule has 1 aromatic heterocycles. The zero-order chi connectivity index (χ0) is 22.4. The van der Waals surface area contributed by atoms with Gasteiger partial charge in [0, 0.05) is 12.8 Å². The van der Waals surface area contributed by atoms with Crippen LogP contribution in [0.2, 0.25) is 0 Å². The van der Waals surface area contributed by atoms with Crippen molar-refractivity contribution < 1.29 is 38.7 Å². The van der Waals surface area contributed by atoms with Crippen molar-refractivity contribution in [2.75, 3.05) is 5.32 Å². The molecule has 2 amide bonds. The van der Waals surface area contributed by atoms with Gasteiger partial charge < -0.3 is 14.9 Å². The van der Waals surface area contributed by atoms with Gasteiger partial charge in [-0.3, -0.25) is 20.1 Å². The highest BCUT2D eigenvalue weighted by Crippen LogP contribution is 2.24. The van der Waals surface area contributed by atoms with Crippen LogP contribution < -0.4 is 21.1 Å². The predicted molar refractivity (Wildman–Crippen MR) is 99.7 cm³/mol. The first-order chi connectivity index (χ1) is 14.2. The Labute approximate surface area is 172 Å². The van der Waals surface area contributed by atoms with Gasteiger partial charge in [-0.05, 0) is 19.8 Å². The van der Waals surface area contributed by atoms with Crippen LogP contribution in [0.1, 0.15) is 51.7 Å².